The minimum atomic E-state index is -3.59. The molecule has 0 bridgehead atoms. The van der Waals surface area contributed by atoms with E-state index in [4.69, 9.17) is 9.47 Å². The van der Waals surface area contributed by atoms with Crippen LogP contribution in [0.3, 0.4) is 0 Å². The second-order valence-corrected chi connectivity index (χ2v) is 21.9. The summed E-state index contributed by atoms with van der Waals surface area (Å²) in [6.07, 6.45) is 41.3. The number of carboxylic acids is 1. The highest BCUT2D eigenvalue weighted by molar-refractivity contribution is 7.89. The Morgan fingerprint density at radius 3 is 2.06 bits per heavy atom. The van der Waals surface area contributed by atoms with Crippen molar-refractivity contribution in [2.24, 2.45) is 45.8 Å². The monoisotopic (exact) mass is 936 g/mol. The van der Waals surface area contributed by atoms with Crippen molar-refractivity contribution in [1.29, 1.82) is 0 Å². The lowest BCUT2D eigenvalue weighted by molar-refractivity contribution is -0.172. The highest BCUT2D eigenvalue weighted by atomic mass is 32.2. The molecule has 2 aromatic rings. The average Bonchev–Trinajstić information content (AvgIpc) is 3.79. The maximum atomic E-state index is 13.5. The molecule has 2 N–H and O–H groups in total. The number of carbonyl (C=O) groups is 1. The molecule has 67 heavy (non-hydrogen) atoms. The van der Waals surface area contributed by atoms with E-state index in [9.17, 15) is 18.3 Å². The summed E-state index contributed by atoms with van der Waals surface area (Å²) in [4.78, 5) is 14.3. The molecular formula is C57H81N3O6S. The van der Waals surface area contributed by atoms with Crippen LogP contribution in [0.5, 0.6) is 11.5 Å². The third kappa shape index (κ3) is 10.7. The topological polar surface area (TPSA) is 108 Å². The Hall–Kier alpha value is -4.50. The van der Waals surface area contributed by atoms with E-state index in [-0.39, 0.29) is 21.3 Å². The molecule has 366 valence electrons. The molecule has 4 unspecified atom stereocenters. The Kier molecular flexibility index (Phi) is 19.5. The summed E-state index contributed by atoms with van der Waals surface area (Å²) < 4.78 is 40.0. The van der Waals surface area contributed by atoms with E-state index in [1.54, 1.807) is 40.7 Å². The van der Waals surface area contributed by atoms with Crippen LogP contribution in [0.15, 0.2) is 66.1 Å². The standard InChI is InChI=1S/C46H63N3O6S.C3H6.C2H6.3C2H2/c1-43(2)35(31-7-9-32(10-8-31)42(50)51)15-19-45(4)40(43)17-20-44(3)36-16-21-46(18-5-6-37(46)34(36)12-14-41(44)45)47-22-23-48-24-26-49(27-25-48)56(52,53)33-11-13-38-39(30-33)55-29-28-54-38;1-3-2;4*1-2/h7-11,13,15,30,34,36-37,40-41,47H,5-6,12,14,16-29H2,1-4H3,(H,50,51);3H,1H2,2H3;1-2H3;3*1-2H/t34-,36?,37?,40?,41?,44-,45-,46-;;;;;/m0...../s1. The number of nitrogens with one attached hydrogen (secondary N) is 1. The summed E-state index contributed by atoms with van der Waals surface area (Å²) in [7, 11) is -3.59. The number of rotatable bonds is 8. The molecule has 0 aromatic heterocycles. The predicted molar refractivity (Wildman–Crippen MR) is 275 cm³/mol. The number of aromatic carboxylic acids is 1. The zero-order valence-corrected chi connectivity index (χ0v) is 42.6. The summed E-state index contributed by atoms with van der Waals surface area (Å²) in [5.74, 6) is 3.91. The number of hydrogen-bond acceptors (Lipinski definition) is 7. The summed E-state index contributed by atoms with van der Waals surface area (Å²) in [6, 6.07) is 12.6. The van der Waals surface area contributed by atoms with Gasteiger partial charge in [-0.3, -0.25) is 4.90 Å². The molecule has 2 aliphatic heterocycles. The van der Waals surface area contributed by atoms with Crippen LogP contribution >= 0.6 is 0 Å². The Morgan fingerprint density at radius 1 is 0.806 bits per heavy atom. The largest absolute Gasteiger partial charge is 0.486 e. The molecule has 8 atom stereocenters. The van der Waals surface area contributed by atoms with Crippen LogP contribution in [0.4, 0.5) is 0 Å². The van der Waals surface area contributed by atoms with Gasteiger partial charge < -0.3 is 19.9 Å². The molecular weight excluding hydrogens is 855 g/mol. The van der Waals surface area contributed by atoms with Crippen molar-refractivity contribution >= 4 is 21.6 Å². The van der Waals surface area contributed by atoms with Crippen LogP contribution in [-0.4, -0.2) is 86.7 Å². The first-order chi connectivity index (χ1) is 32.2. The van der Waals surface area contributed by atoms with Crippen LogP contribution in [0.1, 0.15) is 129 Å². The number of fused-ring (bicyclic) bond motifs is 8. The van der Waals surface area contributed by atoms with E-state index >= 15 is 0 Å². The number of hydrogen-bond donors (Lipinski definition) is 2. The number of benzene rings is 2. The summed E-state index contributed by atoms with van der Waals surface area (Å²) >= 11 is 0. The van der Waals surface area contributed by atoms with Crippen LogP contribution in [0.25, 0.3) is 5.57 Å². The maximum absolute atomic E-state index is 13.5. The van der Waals surface area contributed by atoms with E-state index in [0.29, 0.717) is 54.7 Å². The molecule has 10 heteroatoms. The van der Waals surface area contributed by atoms with E-state index in [1.165, 1.54) is 68.9 Å². The minimum Gasteiger partial charge on any atom is -0.486 e. The van der Waals surface area contributed by atoms with Crippen molar-refractivity contribution in [1.82, 2.24) is 14.5 Å². The van der Waals surface area contributed by atoms with Gasteiger partial charge in [-0.1, -0.05) is 72.2 Å². The number of allylic oxidation sites excluding steroid dienone is 3. The number of nitrogens with zero attached hydrogens (tertiary/aromatic N) is 2. The Bertz CT molecular complexity index is 2150. The number of ether oxygens (including phenoxy) is 2. The maximum Gasteiger partial charge on any atom is 0.335 e. The Balaban J connectivity index is 0.000000828. The quantitative estimate of drug-likeness (QED) is 0.199. The second kappa shape index (κ2) is 23.7. The summed E-state index contributed by atoms with van der Waals surface area (Å²) in [6.45, 7) is 24.8. The Morgan fingerprint density at radius 2 is 1.43 bits per heavy atom. The predicted octanol–water partition coefficient (Wildman–Crippen LogP) is 10.9. The van der Waals surface area contributed by atoms with Gasteiger partial charge in [0.25, 0.3) is 0 Å². The fourth-order valence-electron chi connectivity index (χ4n) is 14.4. The molecule has 9 rings (SSSR count). The number of sulfonamides is 1. The van der Waals surface area contributed by atoms with Gasteiger partial charge in [0.15, 0.2) is 11.5 Å². The Labute approximate surface area is 406 Å². The zero-order chi connectivity index (χ0) is 49.8. The minimum absolute atomic E-state index is 0.0284. The third-order valence-corrected chi connectivity index (χ3v) is 18.8. The van der Waals surface area contributed by atoms with Crippen LogP contribution in [0, 0.1) is 84.4 Å². The highest BCUT2D eigenvalue weighted by Gasteiger charge is 2.65. The summed E-state index contributed by atoms with van der Waals surface area (Å²) in [5, 5.41) is 13.7. The number of terminal acetylenes is 3. The van der Waals surface area contributed by atoms with Crippen molar-refractivity contribution in [3.8, 4) is 50.0 Å². The smallest absolute Gasteiger partial charge is 0.335 e. The fourth-order valence-corrected chi connectivity index (χ4v) is 15.8. The molecule has 9 nitrogen and oxygen atoms in total. The van der Waals surface area contributed by atoms with Gasteiger partial charge in [-0.05, 0) is 146 Å². The van der Waals surface area contributed by atoms with Gasteiger partial charge in [-0.25, -0.2) is 13.2 Å². The lowest BCUT2D eigenvalue weighted by Gasteiger charge is -2.68. The second-order valence-electron chi connectivity index (χ2n) is 20.0. The average molecular weight is 936 g/mol. The van der Waals surface area contributed by atoms with Gasteiger partial charge >= 0.3 is 5.97 Å². The number of carboxylic acid groups (broad SMARTS) is 1. The van der Waals surface area contributed by atoms with Crippen molar-refractivity contribution in [3.05, 3.63) is 72.3 Å². The van der Waals surface area contributed by atoms with Crippen molar-refractivity contribution < 1.29 is 27.8 Å². The van der Waals surface area contributed by atoms with Crippen LogP contribution < -0.4 is 14.8 Å². The molecule has 0 spiro atoms. The van der Waals surface area contributed by atoms with E-state index in [1.807, 2.05) is 32.9 Å². The van der Waals surface area contributed by atoms with Gasteiger partial charge in [0.05, 0.1) is 10.5 Å². The molecule has 0 amide bonds. The molecule has 4 saturated carbocycles. The lowest BCUT2D eigenvalue weighted by atomic mass is 9.37. The van der Waals surface area contributed by atoms with Crippen molar-refractivity contribution in [2.75, 3.05) is 52.5 Å². The lowest BCUT2D eigenvalue weighted by Crippen LogP contribution is -2.64. The number of piperazine rings is 1. The molecule has 2 aromatic carbocycles. The van der Waals surface area contributed by atoms with Crippen LogP contribution in [-0.2, 0) is 10.0 Å². The van der Waals surface area contributed by atoms with E-state index in [0.717, 1.165) is 56.3 Å². The molecule has 5 fully saturated rings. The van der Waals surface area contributed by atoms with Crippen molar-refractivity contribution in [3.63, 3.8) is 0 Å². The molecule has 0 radical (unpaired) electrons. The van der Waals surface area contributed by atoms with Gasteiger partial charge in [0.1, 0.15) is 13.2 Å². The van der Waals surface area contributed by atoms with E-state index < -0.39 is 16.0 Å². The normalized spacial score (nSPS) is 31.1. The van der Waals surface area contributed by atoms with Crippen LogP contribution in [0.2, 0.25) is 0 Å². The SMILES string of the molecule is C#C.C#C.C#C.C=CC.CC.CC1(C)C(c2ccc(C(=O)O)cc2)=CC[C@@]2(C)C1CC[C@@]1(C)C3CC[C@@]4(NCCN5CCN(S(=O)(=O)c6ccc7c(c6)OCCO7)CC5)CCCC4[C@H]3CCC12. The molecule has 5 aliphatic carbocycles. The summed E-state index contributed by atoms with van der Waals surface area (Å²) in [5.41, 5.74) is 3.84. The van der Waals surface area contributed by atoms with Gasteiger partial charge in [-0.2, -0.15) is 4.31 Å². The third-order valence-electron chi connectivity index (χ3n) is 16.9. The first-order valence-electron chi connectivity index (χ1n) is 24.7. The van der Waals surface area contributed by atoms with Gasteiger partial charge in [-0.15, -0.1) is 45.1 Å². The van der Waals surface area contributed by atoms with Gasteiger partial charge in [0, 0.05) is 50.9 Å². The first kappa shape index (κ1) is 55.1. The molecule has 1 saturated heterocycles. The molecule has 7 aliphatic rings. The van der Waals surface area contributed by atoms with Gasteiger partial charge in [0.2, 0.25) is 10.0 Å². The highest BCUT2D eigenvalue weighted by Crippen LogP contribution is 2.72. The first-order valence-corrected chi connectivity index (χ1v) is 26.1. The van der Waals surface area contributed by atoms with Crippen molar-refractivity contribution in [2.45, 2.75) is 123 Å². The van der Waals surface area contributed by atoms with E-state index in [2.05, 4.69) is 89.1 Å². The zero-order valence-electron chi connectivity index (χ0n) is 41.8. The fraction of sp³-hybridized carbons (Fsp3) is 0.596. The molecule has 2 heterocycles.